The molecule has 0 radical (unpaired) electrons. The SMILES string of the molecule is CCCCCCCCNC(=O)C=CC1CC=C(CC(=O)S)C1. The molecule has 0 bridgehead atoms. The molecule has 22 heavy (non-hydrogen) atoms. The maximum atomic E-state index is 11.7. The number of allylic oxidation sites excluding steroid dienone is 3. The van der Waals surface area contributed by atoms with Gasteiger partial charge in [-0.3, -0.25) is 9.59 Å². The van der Waals surface area contributed by atoms with Gasteiger partial charge in [-0.1, -0.05) is 56.8 Å². The first kappa shape index (κ1) is 19.0. The van der Waals surface area contributed by atoms with E-state index in [1.807, 2.05) is 6.08 Å². The molecular weight excluding hydrogens is 294 g/mol. The number of carbonyl (C=O) groups excluding carboxylic acids is 2. The number of nitrogens with one attached hydrogen (secondary N) is 1. The average Bonchev–Trinajstić information content (AvgIpc) is 2.91. The first-order valence-corrected chi connectivity index (χ1v) is 8.92. The first-order chi connectivity index (χ1) is 10.6. The van der Waals surface area contributed by atoms with Crippen molar-refractivity contribution in [3.63, 3.8) is 0 Å². The van der Waals surface area contributed by atoms with E-state index in [1.54, 1.807) is 6.08 Å². The van der Waals surface area contributed by atoms with Gasteiger partial charge in [0.1, 0.15) is 0 Å². The number of hydrogen-bond donors (Lipinski definition) is 2. The third-order valence-electron chi connectivity index (χ3n) is 3.96. The van der Waals surface area contributed by atoms with Gasteiger partial charge in [0.25, 0.3) is 0 Å². The fourth-order valence-corrected chi connectivity index (χ4v) is 2.91. The summed E-state index contributed by atoms with van der Waals surface area (Å²) in [7, 11) is 0. The Morgan fingerprint density at radius 3 is 2.73 bits per heavy atom. The normalized spacial score (nSPS) is 17.7. The zero-order chi connectivity index (χ0) is 16.2. The number of thiol groups is 1. The Balaban J connectivity index is 2.07. The van der Waals surface area contributed by atoms with E-state index in [0.717, 1.165) is 31.4 Å². The smallest absolute Gasteiger partial charge is 0.243 e. The zero-order valence-electron chi connectivity index (χ0n) is 13.6. The standard InChI is InChI=1S/C18H29NO2S/c1-2-3-4-5-6-7-12-19-17(20)11-10-15-8-9-16(13-15)14-18(21)22/h9-11,15H,2-8,12-14H2,1H3,(H,19,20)(H,21,22). The quantitative estimate of drug-likeness (QED) is 0.259. The lowest BCUT2D eigenvalue weighted by Crippen LogP contribution is -2.22. The summed E-state index contributed by atoms with van der Waals surface area (Å²) in [6, 6.07) is 0. The fourth-order valence-electron chi connectivity index (χ4n) is 2.71. The van der Waals surface area contributed by atoms with Crippen LogP contribution in [0.5, 0.6) is 0 Å². The van der Waals surface area contributed by atoms with E-state index in [9.17, 15) is 9.59 Å². The van der Waals surface area contributed by atoms with Crippen LogP contribution >= 0.6 is 12.6 Å². The van der Waals surface area contributed by atoms with Crippen LogP contribution in [0.25, 0.3) is 0 Å². The van der Waals surface area contributed by atoms with E-state index in [2.05, 4.69) is 30.9 Å². The Hall–Kier alpha value is -1.03. The Labute approximate surface area is 140 Å². The zero-order valence-corrected chi connectivity index (χ0v) is 14.5. The molecule has 1 unspecified atom stereocenters. The van der Waals surface area contributed by atoms with Crippen LogP contribution in [0.15, 0.2) is 23.8 Å². The Kier molecular flexibility index (Phi) is 9.96. The minimum Gasteiger partial charge on any atom is -0.353 e. The second-order valence-electron chi connectivity index (χ2n) is 6.05. The van der Waals surface area contributed by atoms with Crippen LogP contribution in [0.2, 0.25) is 0 Å². The molecule has 0 aromatic rings. The molecule has 4 heteroatoms. The topological polar surface area (TPSA) is 46.2 Å². The minimum absolute atomic E-state index is 0.00715. The summed E-state index contributed by atoms with van der Waals surface area (Å²) in [5, 5.41) is 2.84. The Morgan fingerprint density at radius 2 is 2.00 bits per heavy atom. The summed E-state index contributed by atoms with van der Waals surface area (Å²) in [4.78, 5) is 22.7. The predicted octanol–water partition coefficient (Wildman–Crippen LogP) is 4.20. The predicted molar refractivity (Wildman–Crippen MR) is 94.9 cm³/mol. The summed E-state index contributed by atoms with van der Waals surface area (Å²) in [5.74, 6) is 0.342. The number of amides is 1. The van der Waals surface area contributed by atoms with Crippen LogP contribution < -0.4 is 5.32 Å². The van der Waals surface area contributed by atoms with Crippen molar-refractivity contribution in [3.8, 4) is 0 Å². The third kappa shape index (κ3) is 9.08. The van der Waals surface area contributed by atoms with Crippen molar-refractivity contribution in [1.82, 2.24) is 5.32 Å². The van der Waals surface area contributed by atoms with Gasteiger partial charge in [-0.25, -0.2) is 0 Å². The highest BCUT2D eigenvalue weighted by Crippen LogP contribution is 2.28. The van der Waals surface area contributed by atoms with Crippen molar-refractivity contribution in [2.75, 3.05) is 6.54 Å². The number of unbranched alkanes of at least 4 members (excludes halogenated alkanes) is 5. The van der Waals surface area contributed by atoms with Gasteiger partial charge in [0, 0.05) is 13.0 Å². The number of hydrogen-bond acceptors (Lipinski definition) is 2. The molecule has 1 aliphatic carbocycles. The molecule has 0 fully saturated rings. The van der Waals surface area contributed by atoms with Crippen molar-refractivity contribution < 1.29 is 9.59 Å². The molecule has 1 amide bonds. The van der Waals surface area contributed by atoms with Gasteiger partial charge in [-0.15, -0.1) is 12.6 Å². The molecule has 0 saturated heterocycles. The fraction of sp³-hybridized carbons (Fsp3) is 0.667. The number of rotatable bonds is 11. The lowest BCUT2D eigenvalue weighted by molar-refractivity contribution is -0.116. The first-order valence-electron chi connectivity index (χ1n) is 8.47. The van der Waals surface area contributed by atoms with Crippen molar-refractivity contribution in [3.05, 3.63) is 23.8 Å². The van der Waals surface area contributed by atoms with Gasteiger partial charge in [0.05, 0.1) is 0 Å². The van der Waals surface area contributed by atoms with E-state index < -0.39 is 0 Å². The summed E-state index contributed by atoms with van der Waals surface area (Å²) < 4.78 is 0. The summed E-state index contributed by atoms with van der Waals surface area (Å²) in [5.41, 5.74) is 1.14. The Bertz CT molecular complexity index is 415. The molecule has 0 spiro atoms. The van der Waals surface area contributed by atoms with Crippen LogP contribution in [0.4, 0.5) is 0 Å². The van der Waals surface area contributed by atoms with Gasteiger partial charge >= 0.3 is 0 Å². The van der Waals surface area contributed by atoms with Crippen molar-refractivity contribution in [2.24, 2.45) is 5.92 Å². The van der Waals surface area contributed by atoms with Crippen LogP contribution in [0.3, 0.4) is 0 Å². The molecule has 1 atom stereocenters. The maximum Gasteiger partial charge on any atom is 0.243 e. The molecule has 0 aliphatic heterocycles. The maximum absolute atomic E-state index is 11.7. The monoisotopic (exact) mass is 323 g/mol. The van der Waals surface area contributed by atoms with E-state index in [1.165, 1.54) is 32.1 Å². The minimum atomic E-state index is -0.0902. The molecule has 1 rings (SSSR count). The van der Waals surface area contributed by atoms with Crippen molar-refractivity contribution in [1.29, 1.82) is 0 Å². The van der Waals surface area contributed by atoms with Crippen LogP contribution in [0, 0.1) is 5.92 Å². The highest BCUT2D eigenvalue weighted by Gasteiger charge is 2.15. The van der Waals surface area contributed by atoms with Crippen LogP contribution in [-0.4, -0.2) is 17.6 Å². The van der Waals surface area contributed by atoms with Crippen molar-refractivity contribution in [2.45, 2.75) is 64.7 Å². The lowest BCUT2D eigenvalue weighted by atomic mass is 10.0. The van der Waals surface area contributed by atoms with E-state index in [0.29, 0.717) is 12.3 Å². The van der Waals surface area contributed by atoms with Gasteiger partial charge in [-0.05, 0) is 31.3 Å². The second kappa shape index (κ2) is 11.5. The van der Waals surface area contributed by atoms with Gasteiger partial charge in [-0.2, -0.15) is 0 Å². The molecule has 0 saturated carbocycles. The second-order valence-corrected chi connectivity index (χ2v) is 6.55. The molecule has 0 aromatic carbocycles. The average molecular weight is 324 g/mol. The third-order valence-corrected chi connectivity index (χ3v) is 4.12. The van der Waals surface area contributed by atoms with E-state index in [-0.39, 0.29) is 11.0 Å². The molecule has 124 valence electrons. The molecule has 1 aliphatic rings. The molecule has 1 N–H and O–H groups in total. The van der Waals surface area contributed by atoms with Crippen LogP contribution in [-0.2, 0) is 9.59 Å². The lowest BCUT2D eigenvalue weighted by Gasteiger charge is -2.05. The summed E-state index contributed by atoms with van der Waals surface area (Å²) >= 11 is 3.80. The van der Waals surface area contributed by atoms with Gasteiger partial charge < -0.3 is 5.32 Å². The largest absolute Gasteiger partial charge is 0.353 e. The molecule has 0 aromatic heterocycles. The highest BCUT2D eigenvalue weighted by atomic mass is 32.1. The van der Waals surface area contributed by atoms with Gasteiger partial charge in [0.15, 0.2) is 5.12 Å². The Morgan fingerprint density at radius 1 is 1.27 bits per heavy atom. The number of carbonyl (C=O) groups is 2. The highest BCUT2D eigenvalue weighted by molar-refractivity contribution is 7.96. The molecule has 0 heterocycles. The van der Waals surface area contributed by atoms with Crippen LogP contribution in [0.1, 0.15) is 64.7 Å². The van der Waals surface area contributed by atoms with Crippen molar-refractivity contribution >= 4 is 23.7 Å². The van der Waals surface area contributed by atoms with Gasteiger partial charge in [0.2, 0.25) is 5.91 Å². The van der Waals surface area contributed by atoms with E-state index in [4.69, 9.17) is 0 Å². The molecular formula is C18H29NO2S. The molecule has 3 nitrogen and oxygen atoms in total. The van der Waals surface area contributed by atoms with E-state index >= 15 is 0 Å². The summed E-state index contributed by atoms with van der Waals surface area (Å²) in [6.07, 6.45) is 15.3. The summed E-state index contributed by atoms with van der Waals surface area (Å²) in [6.45, 7) is 2.98.